The highest BCUT2D eigenvalue weighted by molar-refractivity contribution is 8.00. The summed E-state index contributed by atoms with van der Waals surface area (Å²) in [6.07, 6.45) is 0.490. The Morgan fingerprint density at radius 2 is 1.70 bits per heavy atom. The Morgan fingerprint density at radius 3 is 2.26 bits per heavy atom. The molecule has 0 spiro atoms. The molecule has 2 aromatic carbocycles. The second kappa shape index (κ2) is 10.6. The molecule has 0 saturated carbocycles. The maximum atomic E-state index is 13.0. The zero-order valence-electron chi connectivity index (χ0n) is 15.2. The predicted octanol–water partition coefficient (Wildman–Crippen LogP) is 4.64. The van der Waals surface area contributed by atoms with Crippen LogP contribution in [0.5, 0.6) is 0 Å². The van der Waals surface area contributed by atoms with E-state index in [9.17, 15) is 9.59 Å². The summed E-state index contributed by atoms with van der Waals surface area (Å²) < 4.78 is 0. The second-order valence-corrected chi connectivity index (χ2v) is 7.73. The minimum absolute atomic E-state index is 0.143. The van der Waals surface area contributed by atoms with Crippen LogP contribution in [0.4, 0.5) is 0 Å². The summed E-state index contributed by atoms with van der Waals surface area (Å²) in [5, 5.41) is 3.58. The monoisotopic (exact) mass is 424 g/mol. The van der Waals surface area contributed by atoms with Gasteiger partial charge in [0.05, 0.1) is 5.75 Å². The minimum Gasteiger partial charge on any atom is -0.357 e. The van der Waals surface area contributed by atoms with Gasteiger partial charge in [-0.15, -0.1) is 11.8 Å². The number of benzene rings is 2. The Labute approximate surface area is 174 Å². The highest BCUT2D eigenvalue weighted by Gasteiger charge is 2.29. The van der Waals surface area contributed by atoms with Crippen LogP contribution >= 0.6 is 35.0 Å². The van der Waals surface area contributed by atoms with E-state index in [1.54, 1.807) is 30.1 Å². The Morgan fingerprint density at radius 1 is 1.07 bits per heavy atom. The van der Waals surface area contributed by atoms with E-state index in [0.29, 0.717) is 22.0 Å². The fourth-order valence-corrected chi connectivity index (χ4v) is 4.01. The Hall–Kier alpha value is -1.69. The van der Waals surface area contributed by atoms with Crippen LogP contribution < -0.4 is 5.32 Å². The summed E-state index contributed by atoms with van der Waals surface area (Å²) in [5.41, 5.74) is 0.640. The minimum atomic E-state index is -0.591. The van der Waals surface area contributed by atoms with Crippen molar-refractivity contribution in [3.8, 4) is 0 Å². The maximum absolute atomic E-state index is 13.0. The molecular weight excluding hydrogens is 403 g/mol. The normalized spacial score (nSPS) is 11.7. The first-order chi connectivity index (χ1) is 13.0. The van der Waals surface area contributed by atoms with E-state index in [1.165, 1.54) is 11.8 Å². The highest BCUT2D eigenvalue weighted by Crippen LogP contribution is 2.27. The molecule has 2 rings (SSSR count). The molecule has 0 saturated heterocycles. The van der Waals surface area contributed by atoms with Gasteiger partial charge in [-0.1, -0.05) is 54.4 Å². The van der Waals surface area contributed by atoms with Gasteiger partial charge in [-0.25, -0.2) is 0 Å². The van der Waals surface area contributed by atoms with Crippen molar-refractivity contribution < 1.29 is 9.59 Å². The fourth-order valence-electron chi connectivity index (χ4n) is 2.68. The molecule has 0 aliphatic rings. The summed E-state index contributed by atoms with van der Waals surface area (Å²) in [7, 11) is 1.56. The van der Waals surface area contributed by atoms with Gasteiger partial charge in [0.1, 0.15) is 6.04 Å². The van der Waals surface area contributed by atoms with Crippen molar-refractivity contribution in [1.82, 2.24) is 10.2 Å². The molecule has 1 N–H and O–H groups in total. The summed E-state index contributed by atoms with van der Waals surface area (Å²) in [5.74, 6) is -0.131. The summed E-state index contributed by atoms with van der Waals surface area (Å²) in [4.78, 5) is 27.9. The van der Waals surface area contributed by atoms with Gasteiger partial charge in [-0.3, -0.25) is 9.59 Å². The van der Waals surface area contributed by atoms with E-state index in [1.807, 2.05) is 37.3 Å². The summed E-state index contributed by atoms with van der Waals surface area (Å²) in [6, 6.07) is 14.3. The Balaban J connectivity index is 2.25. The van der Waals surface area contributed by atoms with Crippen LogP contribution in [0.1, 0.15) is 18.9 Å². The molecule has 1 atom stereocenters. The highest BCUT2D eigenvalue weighted by atomic mass is 35.5. The Bertz CT molecular complexity index is 767. The molecule has 0 heterocycles. The first-order valence-electron chi connectivity index (χ1n) is 8.59. The first kappa shape index (κ1) is 21.6. The molecular formula is C20H22Cl2N2O2S. The van der Waals surface area contributed by atoms with Gasteiger partial charge >= 0.3 is 0 Å². The van der Waals surface area contributed by atoms with Crippen molar-refractivity contribution in [2.75, 3.05) is 12.8 Å². The number of hydrogen-bond acceptors (Lipinski definition) is 3. The predicted molar refractivity (Wildman–Crippen MR) is 112 cm³/mol. The number of nitrogens with zero attached hydrogens (tertiary/aromatic N) is 1. The van der Waals surface area contributed by atoms with Gasteiger partial charge in [0.25, 0.3) is 0 Å². The van der Waals surface area contributed by atoms with Gasteiger partial charge in [-0.2, -0.15) is 0 Å². The van der Waals surface area contributed by atoms with Gasteiger partial charge in [-0.05, 0) is 30.7 Å². The molecule has 144 valence electrons. The lowest BCUT2D eigenvalue weighted by Gasteiger charge is -2.30. The number of carbonyl (C=O) groups excluding carboxylic acids is 2. The van der Waals surface area contributed by atoms with Crippen molar-refractivity contribution in [3.63, 3.8) is 0 Å². The Kier molecular flexibility index (Phi) is 8.48. The van der Waals surface area contributed by atoms with Gasteiger partial charge < -0.3 is 10.2 Å². The van der Waals surface area contributed by atoms with E-state index in [-0.39, 0.29) is 24.1 Å². The van der Waals surface area contributed by atoms with Crippen LogP contribution in [-0.4, -0.2) is 35.6 Å². The molecule has 0 bridgehead atoms. The van der Waals surface area contributed by atoms with E-state index in [2.05, 4.69) is 5.32 Å². The fraction of sp³-hybridized carbons (Fsp3) is 0.300. The third-order valence-corrected chi connectivity index (χ3v) is 5.83. The zero-order chi connectivity index (χ0) is 19.8. The molecule has 27 heavy (non-hydrogen) atoms. The van der Waals surface area contributed by atoms with Gasteiger partial charge in [0, 0.05) is 34.1 Å². The topological polar surface area (TPSA) is 49.4 Å². The number of carbonyl (C=O) groups is 2. The standard InChI is InChI=1S/C20H22Cl2N2O2S/c1-3-18(20(26)23-2)24(12-15-16(21)10-7-11-17(15)22)19(25)13-27-14-8-5-4-6-9-14/h4-11,18H,3,12-13H2,1-2H3,(H,23,26). The second-order valence-electron chi connectivity index (χ2n) is 5.86. The molecule has 0 fully saturated rings. The van der Waals surface area contributed by atoms with Crippen LogP contribution in [0.15, 0.2) is 53.4 Å². The van der Waals surface area contributed by atoms with Crippen LogP contribution in [-0.2, 0) is 16.1 Å². The largest absolute Gasteiger partial charge is 0.357 e. The molecule has 0 aromatic heterocycles. The summed E-state index contributed by atoms with van der Waals surface area (Å²) in [6.45, 7) is 2.05. The van der Waals surface area contributed by atoms with Crippen molar-refractivity contribution in [2.45, 2.75) is 30.8 Å². The van der Waals surface area contributed by atoms with Crippen LogP contribution in [0, 0.1) is 0 Å². The number of nitrogens with one attached hydrogen (secondary N) is 1. The lowest BCUT2D eigenvalue weighted by atomic mass is 10.1. The van der Waals surface area contributed by atoms with E-state index >= 15 is 0 Å². The number of amides is 2. The average Bonchev–Trinajstić information content (AvgIpc) is 2.68. The third-order valence-electron chi connectivity index (χ3n) is 4.13. The molecule has 7 heteroatoms. The van der Waals surface area contributed by atoms with Gasteiger partial charge in [0.2, 0.25) is 11.8 Å². The quantitative estimate of drug-likeness (QED) is 0.627. The van der Waals surface area contributed by atoms with Crippen molar-refractivity contribution in [2.24, 2.45) is 0 Å². The lowest BCUT2D eigenvalue weighted by molar-refractivity contribution is -0.139. The van der Waals surface area contributed by atoms with E-state index in [0.717, 1.165) is 4.90 Å². The number of rotatable bonds is 8. The van der Waals surface area contributed by atoms with Crippen molar-refractivity contribution in [1.29, 1.82) is 0 Å². The molecule has 0 aliphatic carbocycles. The number of hydrogen-bond donors (Lipinski definition) is 1. The third kappa shape index (κ3) is 5.89. The molecule has 1 unspecified atom stereocenters. The van der Waals surface area contributed by atoms with E-state index in [4.69, 9.17) is 23.2 Å². The molecule has 2 amide bonds. The van der Waals surface area contributed by atoms with Gasteiger partial charge in [0.15, 0.2) is 0 Å². The number of halogens is 2. The van der Waals surface area contributed by atoms with Crippen LogP contribution in [0.25, 0.3) is 0 Å². The van der Waals surface area contributed by atoms with Crippen molar-refractivity contribution in [3.05, 3.63) is 64.1 Å². The molecule has 0 radical (unpaired) electrons. The summed E-state index contributed by atoms with van der Waals surface area (Å²) >= 11 is 14.0. The lowest BCUT2D eigenvalue weighted by Crippen LogP contribution is -2.48. The SMILES string of the molecule is CCC(C(=O)NC)N(Cc1c(Cl)cccc1Cl)C(=O)CSc1ccccc1. The smallest absolute Gasteiger partial charge is 0.242 e. The van der Waals surface area contributed by atoms with E-state index < -0.39 is 6.04 Å². The van der Waals surface area contributed by atoms with Crippen molar-refractivity contribution >= 4 is 46.8 Å². The molecule has 2 aromatic rings. The number of likely N-dealkylation sites (N-methyl/N-ethyl adjacent to an activating group) is 1. The van der Waals surface area contributed by atoms with Crippen LogP contribution in [0.3, 0.4) is 0 Å². The molecule has 0 aliphatic heterocycles. The molecule has 4 nitrogen and oxygen atoms in total. The first-order valence-corrected chi connectivity index (χ1v) is 10.3. The van der Waals surface area contributed by atoms with Crippen LogP contribution in [0.2, 0.25) is 10.0 Å². The maximum Gasteiger partial charge on any atom is 0.242 e. The number of thioether (sulfide) groups is 1. The zero-order valence-corrected chi connectivity index (χ0v) is 17.6. The average molecular weight is 425 g/mol.